The molecule has 2 aromatic heterocycles. The summed E-state index contributed by atoms with van der Waals surface area (Å²) in [6, 6.07) is 18.8. The van der Waals surface area contributed by atoms with E-state index in [2.05, 4.69) is 25.6 Å². The second-order valence-corrected chi connectivity index (χ2v) is 7.22. The minimum absolute atomic E-state index is 0.0394. The number of hydrogen-bond acceptors (Lipinski definition) is 6. The molecule has 4 rings (SSSR count). The lowest BCUT2D eigenvalue weighted by atomic mass is 10.0. The third kappa shape index (κ3) is 4.85. The summed E-state index contributed by atoms with van der Waals surface area (Å²) in [5, 5.41) is 5.47. The van der Waals surface area contributed by atoms with Gasteiger partial charge in [0.2, 0.25) is 0 Å². The van der Waals surface area contributed by atoms with Crippen LogP contribution in [0.3, 0.4) is 0 Å². The van der Waals surface area contributed by atoms with E-state index in [0.29, 0.717) is 23.4 Å². The standard InChI is InChI=1S/C25H22N6O2/c1-27-25(33)22-23(26)29-15-21(31-22)17-6-4-7-18(13-17)24(32)30-14-19-5-2-3-8-20(19)16-9-11-28-12-10-16/h2-13,15H,14H2,1H3,(H2,26,29)(H,27,33)(H,30,32). The first-order valence-electron chi connectivity index (χ1n) is 10.3. The number of anilines is 1. The molecule has 33 heavy (non-hydrogen) atoms. The van der Waals surface area contributed by atoms with Crippen molar-refractivity contribution in [2.24, 2.45) is 0 Å². The molecule has 0 aliphatic carbocycles. The number of aromatic nitrogens is 3. The number of nitrogen functional groups attached to an aromatic ring is 1. The van der Waals surface area contributed by atoms with E-state index in [1.807, 2.05) is 36.4 Å². The van der Waals surface area contributed by atoms with Crippen molar-refractivity contribution >= 4 is 17.6 Å². The maximum absolute atomic E-state index is 12.9. The van der Waals surface area contributed by atoms with Crippen LogP contribution in [0.15, 0.2) is 79.3 Å². The summed E-state index contributed by atoms with van der Waals surface area (Å²) in [6.45, 7) is 0.365. The fourth-order valence-corrected chi connectivity index (χ4v) is 3.41. The van der Waals surface area contributed by atoms with Crippen molar-refractivity contribution in [1.82, 2.24) is 25.6 Å². The molecule has 8 nitrogen and oxygen atoms in total. The van der Waals surface area contributed by atoms with Crippen molar-refractivity contribution in [3.05, 3.63) is 96.1 Å². The van der Waals surface area contributed by atoms with Crippen molar-refractivity contribution in [3.63, 3.8) is 0 Å². The number of nitrogens with two attached hydrogens (primary N) is 1. The number of rotatable bonds is 6. The minimum atomic E-state index is -0.427. The van der Waals surface area contributed by atoms with Gasteiger partial charge in [0.1, 0.15) is 0 Å². The monoisotopic (exact) mass is 438 g/mol. The lowest BCUT2D eigenvalue weighted by molar-refractivity contribution is 0.0945. The van der Waals surface area contributed by atoms with Crippen LogP contribution in [0.2, 0.25) is 0 Å². The van der Waals surface area contributed by atoms with Crippen LogP contribution in [0, 0.1) is 0 Å². The Labute approximate surface area is 190 Å². The zero-order valence-corrected chi connectivity index (χ0v) is 17.9. The Hall–Kier alpha value is -4.59. The van der Waals surface area contributed by atoms with Crippen LogP contribution in [0.25, 0.3) is 22.4 Å². The Balaban J connectivity index is 1.54. The number of amides is 2. The van der Waals surface area contributed by atoms with Gasteiger partial charge in [0.05, 0.1) is 11.9 Å². The maximum Gasteiger partial charge on any atom is 0.273 e. The van der Waals surface area contributed by atoms with Crippen LogP contribution in [0.5, 0.6) is 0 Å². The molecule has 4 aromatic rings. The van der Waals surface area contributed by atoms with Crippen molar-refractivity contribution in [2.45, 2.75) is 6.54 Å². The van der Waals surface area contributed by atoms with E-state index in [4.69, 9.17) is 5.73 Å². The van der Waals surface area contributed by atoms with Gasteiger partial charge in [0.25, 0.3) is 11.8 Å². The van der Waals surface area contributed by atoms with Crippen molar-refractivity contribution in [2.75, 3.05) is 12.8 Å². The molecule has 2 aromatic carbocycles. The Kier molecular flexibility index (Phi) is 6.36. The Morgan fingerprint density at radius 2 is 1.73 bits per heavy atom. The third-order valence-electron chi connectivity index (χ3n) is 5.11. The van der Waals surface area contributed by atoms with Gasteiger partial charge in [-0.3, -0.25) is 14.6 Å². The van der Waals surface area contributed by atoms with E-state index in [1.54, 1.807) is 36.7 Å². The van der Waals surface area contributed by atoms with Gasteiger partial charge in [0, 0.05) is 37.1 Å². The van der Waals surface area contributed by atoms with Crippen LogP contribution in [0.4, 0.5) is 5.82 Å². The summed E-state index contributed by atoms with van der Waals surface area (Å²) in [5.41, 5.74) is 10.4. The molecular weight excluding hydrogens is 416 g/mol. The fraction of sp³-hybridized carbons (Fsp3) is 0.0800. The molecule has 0 saturated heterocycles. The van der Waals surface area contributed by atoms with E-state index in [9.17, 15) is 9.59 Å². The SMILES string of the molecule is CNC(=O)c1nc(-c2cccc(C(=O)NCc3ccccc3-c3ccncc3)c2)cnc1N. The van der Waals surface area contributed by atoms with Gasteiger partial charge in [-0.25, -0.2) is 9.97 Å². The molecule has 0 aliphatic heterocycles. The smallest absolute Gasteiger partial charge is 0.273 e. The number of nitrogens with zero attached hydrogens (tertiary/aromatic N) is 3. The number of benzene rings is 2. The first kappa shape index (κ1) is 21.6. The Morgan fingerprint density at radius 1 is 0.939 bits per heavy atom. The highest BCUT2D eigenvalue weighted by atomic mass is 16.2. The van der Waals surface area contributed by atoms with Crippen molar-refractivity contribution in [3.8, 4) is 22.4 Å². The maximum atomic E-state index is 12.9. The molecule has 0 unspecified atom stereocenters. The largest absolute Gasteiger partial charge is 0.382 e. The van der Waals surface area contributed by atoms with Crippen LogP contribution in [-0.4, -0.2) is 33.8 Å². The average molecular weight is 438 g/mol. The molecule has 8 heteroatoms. The molecule has 0 fully saturated rings. The molecule has 0 radical (unpaired) electrons. The molecule has 164 valence electrons. The second kappa shape index (κ2) is 9.69. The summed E-state index contributed by atoms with van der Waals surface area (Å²) in [7, 11) is 1.49. The van der Waals surface area contributed by atoms with Crippen LogP contribution < -0.4 is 16.4 Å². The van der Waals surface area contributed by atoms with Gasteiger partial charge in [-0.1, -0.05) is 36.4 Å². The van der Waals surface area contributed by atoms with Gasteiger partial charge in [-0.2, -0.15) is 0 Å². The number of carbonyl (C=O) groups excluding carboxylic acids is 2. The van der Waals surface area contributed by atoms with Gasteiger partial charge < -0.3 is 16.4 Å². The summed E-state index contributed by atoms with van der Waals surface area (Å²) in [4.78, 5) is 37.3. The summed E-state index contributed by atoms with van der Waals surface area (Å²) >= 11 is 0. The van der Waals surface area contributed by atoms with Crippen LogP contribution >= 0.6 is 0 Å². The van der Waals surface area contributed by atoms with E-state index in [0.717, 1.165) is 16.7 Å². The topological polar surface area (TPSA) is 123 Å². The van der Waals surface area contributed by atoms with Crippen LogP contribution in [-0.2, 0) is 6.54 Å². The predicted molar refractivity (Wildman–Crippen MR) is 126 cm³/mol. The number of carbonyl (C=O) groups is 2. The quantitative estimate of drug-likeness (QED) is 0.425. The molecular formula is C25H22N6O2. The minimum Gasteiger partial charge on any atom is -0.382 e. The van der Waals surface area contributed by atoms with Gasteiger partial charge in [-0.15, -0.1) is 0 Å². The third-order valence-corrected chi connectivity index (χ3v) is 5.11. The Bertz CT molecular complexity index is 1310. The first-order chi connectivity index (χ1) is 16.1. The van der Waals surface area contributed by atoms with E-state index in [1.165, 1.54) is 13.2 Å². The molecule has 0 aliphatic rings. The summed E-state index contributed by atoms with van der Waals surface area (Å²) in [5.74, 6) is -0.611. The molecule has 0 bridgehead atoms. The van der Waals surface area contributed by atoms with E-state index in [-0.39, 0.29) is 17.4 Å². The summed E-state index contributed by atoms with van der Waals surface area (Å²) in [6.07, 6.45) is 4.96. The van der Waals surface area contributed by atoms with Crippen molar-refractivity contribution in [1.29, 1.82) is 0 Å². The van der Waals surface area contributed by atoms with Gasteiger partial charge in [-0.05, 0) is 41.0 Å². The normalized spacial score (nSPS) is 10.5. The lowest BCUT2D eigenvalue weighted by Crippen LogP contribution is -2.23. The van der Waals surface area contributed by atoms with E-state index >= 15 is 0 Å². The molecule has 0 spiro atoms. The highest BCUT2D eigenvalue weighted by Gasteiger charge is 2.14. The number of pyridine rings is 1. The average Bonchev–Trinajstić information content (AvgIpc) is 2.88. The van der Waals surface area contributed by atoms with E-state index < -0.39 is 5.91 Å². The highest BCUT2D eigenvalue weighted by molar-refractivity contribution is 5.97. The van der Waals surface area contributed by atoms with Crippen molar-refractivity contribution < 1.29 is 9.59 Å². The molecule has 4 N–H and O–H groups in total. The molecule has 0 atom stereocenters. The van der Waals surface area contributed by atoms with Gasteiger partial charge >= 0.3 is 0 Å². The predicted octanol–water partition coefficient (Wildman–Crippen LogP) is 3.08. The second-order valence-electron chi connectivity index (χ2n) is 7.22. The molecule has 0 saturated carbocycles. The lowest BCUT2D eigenvalue weighted by Gasteiger charge is -2.12. The van der Waals surface area contributed by atoms with Gasteiger partial charge in [0.15, 0.2) is 11.5 Å². The zero-order valence-electron chi connectivity index (χ0n) is 17.9. The number of nitrogens with one attached hydrogen (secondary N) is 2. The van der Waals surface area contributed by atoms with Crippen LogP contribution in [0.1, 0.15) is 26.4 Å². The Morgan fingerprint density at radius 3 is 2.52 bits per heavy atom. The molecule has 2 amide bonds. The number of hydrogen-bond donors (Lipinski definition) is 3. The highest BCUT2D eigenvalue weighted by Crippen LogP contribution is 2.23. The first-order valence-corrected chi connectivity index (χ1v) is 10.3. The fourth-order valence-electron chi connectivity index (χ4n) is 3.41. The zero-order chi connectivity index (χ0) is 23.2. The molecule has 2 heterocycles. The summed E-state index contributed by atoms with van der Waals surface area (Å²) < 4.78 is 0.